The quantitative estimate of drug-likeness (QED) is 0.693. The van der Waals surface area contributed by atoms with Crippen molar-refractivity contribution < 1.29 is 9.53 Å². The van der Waals surface area contributed by atoms with Crippen LogP contribution in [-0.2, 0) is 4.74 Å². The highest BCUT2D eigenvalue weighted by molar-refractivity contribution is 9.10. The van der Waals surface area contributed by atoms with Crippen LogP contribution < -0.4 is 0 Å². The molecule has 144 valence electrons. The van der Waals surface area contributed by atoms with E-state index in [2.05, 4.69) is 33.2 Å². The second kappa shape index (κ2) is 8.10. The number of nitrogens with zero attached hydrogens (tertiary/aromatic N) is 4. The molecule has 4 rings (SSSR count). The molecule has 1 saturated heterocycles. The predicted molar refractivity (Wildman–Crippen MR) is 106 cm³/mol. The van der Waals surface area contributed by atoms with E-state index in [0.29, 0.717) is 18.2 Å². The zero-order valence-corrected chi connectivity index (χ0v) is 17.2. The maximum Gasteiger partial charge on any atom is 0.276 e. The number of benzene rings is 1. The molecular formula is C20H25BrN4O2. The van der Waals surface area contributed by atoms with Crippen LogP contribution in [0, 0.1) is 0 Å². The van der Waals surface area contributed by atoms with Crippen LogP contribution in [0.25, 0.3) is 5.69 Å². The lowest BCUT2D eigenvalue weighted by Gasteiger charge is -2.32. The molecule has 1 unspecified atom stereocenters. The van der Waals surface area contributed by atoms with Gasteiger partial charge < -0.3 is 9.64 Å². The van der Waals surface area contributed by atoms with Crippen LogP contribution in [-0.4, -0.2) is 51.6 Å². The van der Waals surface area contributed by atoms with Crippen LogP contribution in [0.15, 0.2) is 28.7 Å². The van der Waals surface area contributed by atoms with Crippen LogP contribution in [0.3, 0.4) is 0 Å². The molecule has 27 heavy (non-hydrogen) atoms. The minimum atomic E-state index is -0.00920. The van der Waals surface area contributed by atoms with E-state index in [0.717, 1.165) is 61.1 Å². The highest BCUT2D eigenvalue weighted by atomic mass is 79.9. The van der Waals surface area contributed by atoms with Crippen molar-refractivity contribution in [3.05, 3.63) is 40.1 Å². The molecule has 1 aliphatic heterocycles. The Morgan fingerprint density at radius 1 is 1.26 bits per heavy atom. The maximum absolute atomic E-state index is 13.2. The highest BCUT2D eigenvalue weighted by Crippen LogP contribution is 2.42. The zero-order valence-electron chi connectivity index (χ0n) is 15.6. The van der Waals surface area contributed by atoms with Crippen molar-refractivity contribution in [1.82, 2.24) is 19.9 Å². The number of piperidine rings is 1. The smallest absolute Gasteiger partial charge is 0.276 e. The van der Waals surface area contributed by atoms with Gasteiger partial charge in [-0.25, -0.2) is 4.68 Å². The van der Waals surface area contributed by atoms with E-state index in [1.165, 1.54) is 0 Å². The zero-order chi connectivity index (χ0) is 18.8. The molecule has 0 bridgehead atoms. The maximum atomic E-state index is 13.2. The summed E-state index contributed by atoms with van der Waals surface area (Å²) < 4.78 is 8.74. The molecule has 1 saturated carbocycles. The van der Waals surface area contributed by atoms with Crippen molar-refractivity contribution >= 4 is 21.8 Å². The number of hydrogen-bond donors (Lipinski definition) is 0. The summed E-state index contributed by atoms with van der Waals surface area (Å²) in [6.45, 7) is 4.27. The summed E-state index contributed by atoms with van der Waals surface area (Å²) in [5, 5.41) is 8.64. The molecule has 1 amide bonds. The Labute approximate surface area is 168 Å². The summed E-state index contributed by atoms with van der Waals surface area (Å²) in [4.78, 5) is 15.1. The van der Waals surface area contributed by atoms with Gasteiger partial charge in [0.2, 0.25) is 0 Å². The number of likely N-dealkylation sites (tertiary alicyclic amines) is 1. The second-order valence-corrected chi connectivity index (χ2v) is 8.29. The molecule has 1 aromatic heterocycles. The van der Waals surface area contributed by atoms with E-state index in [1.807, 2.05) is 33.8 Å². The molecule has 2 aliphatic rings. The summed E-state index contributed by atoms with van der Waals surface area (Å²) in [7, 11) is 0. The lowest BCUT2D eigenvalue weighted by Crippen LogP contribution is -2.43. The molecule has 6 nitrogen and oxygen atoms in total. The first-order valence-electron chi connectivity index (χ1n) is 9.79. The Morgan fingerprint density at radius 3 is 2.74 bits per heavy atom. The Hall–Kier alpha value is -1.73. The summed E-state index contributed by atoms with van der Waals surface area (Å²) in [6.07, 6.45) is 5.30. The predicted octanol–water partition coefficient (Wildman–Crippen LogP) is 3.94. The standard InChI is InChI=1S/C20H25BrN4O2/c1-2-12-27-17-4-3-11-24(13-17)20(26)18-19(14-5-6-14)25(23-22-18)16-9-7-15(21)8-10-16/h7-10,14,17H,2-6,11-13H2,1H3. The van der Waals surface area contributed by atoms with Crippen molar-refractivity contribution in [3.8, 4) is 5.69 Å². The topological polar surface area (TPSA) is 60.2 Å². The summed E-state index contributed by atoms with van der Waals surface area (Å²) in [5.74, 6) is 0.365. The molecule has 2 aromatic rings. The average Bonchev–Trinajstić information content (AvgIpc) is 3.45. The SMILES string of the molecule is CCCOC1CCCN(C(=O)c2nnn(-c3ccc(Br)cc3)c2C2CC2)C1. The largest absolute Gasteiger partial charge is 0.376 e. The molecule has 1 aliphatic carbocycles. The molecule has 0 radical (unpaired) electrons. The summed E-state index contributed by atoms with van der Waals surface area (Å²) in [5.41, 5.74) is 2.41. The third kappa shape index (κ3) is 4.09. The van der Waals surface area contributed by atoms with Crippen molar-refractivity contribution in [2.24, 2.45) is 0 Å². The van der Waals surface area contributed by atoms with Gasteiger partial charge in [0.1, 0.15) is 0 Å². The summed E-state index contributed by atoms with van der Waals surface area (Å²) >= 11 is 3.46. The van der Waals surface area contributed by atoms with Crippen LogP contribution in [0.4, 0.5) is 0 Å². The number of aromatic nitrogens is 3. The Kier molecular flexibility index (Phi) is 5.59. The van der Waals surface area contributed by atoms with Crippen LogP contribution in [0.2, 0.25) is 0 Å². The van der Waals surface area contributed by atoms with Gasteiger partial charge in [0.05, 0.1) is 17.5 Å². The molecule has 1 atom stereocenters. The van der Waals surface area contributed by atoms with E-state index in [1.54, 1.807) is 0 Å². The van der Waals surface area contributed by atoms with Gasteiger partial charge in [-0.3, -0.25) is 4.79 Å². The van der Waals surface area contributed by atoms with Gasteiger partial charge in [-0.1, -0.05) is 28.1 Å². The van der Waals surface area contributed by atoms with Gasteiger partial charge in [-0.2, -0.15) is 0 Å². The Balaban J connectivity index is 1.58. The van der Waals surface area contributed by atoms with Gasteiger partial charge in [-0.05, 0) is 56.4 Å². The molecule has 0 spiro atoms. The van der Waals surface area contributed by atoms with E-state index < -0.39 is 0 Å². The third-order valence-electron chi connectivity index (χ3n) is 5.17. The van der Waals surface area contributed by atoms with Gasteiger partial charge in [0.15, 0.2) is 5.69 Å². The molecular weight excluding hydrogens is 408 g/mol. The molecule has 7 heteroatoms. The molecule has 1 aromatic carbocycles. The fraction of sp³-hybridized carbons (Fsp3) is 0.550. The van der Waals surface area contributed by atoms with Crippen molar-refractivity contribution in [2.75, 3.05) is 19.7 Å². The fourth-order valence-corrected chi connectivity index (χ4v) is 3.89. The number of rotatable bonds is 6. The average molecular weight is 433 g/mol. The summed E-state index contributed by atoms with van der Waals surface area (Å²) in [6, 6.07) is 7.95. The fourth-order valence-electron chi connectivity index (χ4n) is 3.63. The first kappa shape index (κ1) is 18.6. The first-order chi connectivity index (χ1) is 13.2. The number of amides is 1. The van der Waals surface area contributed by atoms with E-state index in [9.17, 15) is 4.79 Å². The number of ether oxygens (including phenoxy) is 1. The van der Waals surface area contributed by atoms with Crippen LogP contribution in [0.1, 0.15) is 61.1 Å². The normalized spacial score (nSPS) is 20.1. The van der Waals surface area contributed by atoms with Gasteiger partial charge in [0, 0.05) is 30.1 Å². The molecule has 2 heterocycles. The van der Waals surface area contributed by atoms with Crippen molar-refractivity contribution in [1.29, 1.82) is 0 Å². The van der Waals surface area contributed by atoms with Crippen LogP contribution >= 0.6 is 15.9 Å². The van der Waals surface area contributed by atoms with Crippen molar-refractivity contribution in [3.63, 3.8) is 0 Å². The van der Waals surface area contributed by atoms with Crippen molar-refractivity contribution in [2.45, 2.75) is 51.0 Å². The van der Waals surface area contributed by atoms with E-state index >= 15 is 0 Å². The van der Waals surface area contributed by atoms with Crippen LogP contribution in [0.5, 0.6) is 0 Å². The van der Waals surface area contributed by atoms with Gasteiger partial charge in [-0.15, -0.1) is 5.10 Å². The third-order valence-corrected chi connectivity index (χ3v) is 5.69. The lowest BCUT2D eigenvalue weighted by molar-refractivity contribution is 0.00188. The Morgan fingerprint density at radius 2 is 2.04 bits per heavy atom. The molecule has 2 fully saturated rings. The molecule has 0 N–H and O–H groups in total. The lowest BCUT2D eigenvalue weighted by atomic mass is 10.1. The van der Waals surface area contributed by atoms with E-state index in [4.69, 9.17) is 4.74 Å². The monoisotopic (exact) mass is 432 g/mol. The second-order valence-electron chi connectivity index (χ2n) is 7.37. The minimum absolute atomic E-state index is 0.00920. The Bertz CT molecular complexity index is 801. The number of hydrogen-bond acceptors (Lipinski definition) is 4. The minimum Gasteiger partial charge on any atom is -0.376 e. The van der Waals surface area contributed by atoms with E-state index in [-0.39, 0.29) is 12.0 Å². The number of carbonyl (C=O) groups excluding carboxylic acids is 1. The van der Waals surface area contributed by atoms with Gasteiger partial charge >= 0.3 is 0 Å². The first-order valence-corrected chi connectivity index (χ1v) is 10.6. The number of halogens is 1. The highest BCUT2D eigenvalue weighted by Gasteiger charge is 2.36. The van der Waals surface area contributed by atoms with Gasteiger partial charge in [0.25, 0.3) is 5.91 Å². The number of carbonyl (C=O) groups is 1.